The quantitative estimate of drug-likeness (QED) is 0.524. The zero-order valence-corrected chi connectivity index (χ0v) is 7.37. The normalized spacial score (nSPS) is 29.5. The van der Waals surface area contributed by atoms with Gasteiger partial charge in [0, 0.05) is 18.5 Å². The maximum Gasteiger partial charge on any atom is 0.223 e. The number of amides is 1. The number of nitrogens with zero attached hydrogens (tertiary/aromatic N) is 1. The maximum atomic E-state index is 11.3. The van der Waals surface area contributed by atoms with Gasteiger partial charge in [0.25, 0.3) is 0 Å². The van der Waals surface area contributed by atoms with Crippen LogP contribution >= 0.6 is 0 Å². The molecule has 0 aromatic rings. The van der Waals surface area contributed by atoms with Crippen LogP contribution in [0.1, 0.15) is 27.2 Å². The molecule has 0 aromatic heterocycles. The Labute approximate surface area is 67.9 Å². The molecule has 0 aromatic carbocycles. The van der Waals surface area contributed by atoms with Gasteiger partial charge in [0.2, 0.25) is 5.91 Å². The molecule has 0 spiro atoms. The molecule has 0 radical (unpaired) electrons. The van der Waals surface area contributed by atoms with E-state index in [1.807, 2.05) is 25.7 Å². The van der Waals surface area contributed by atoms with Crippen molar-refractivity contribution in [2.24, 2.45) is 0 Å². The fourth-order valence-electron chi connectivity index (χ4n) is 1.51. The molecule has 1 amide bonds. The van der Waals surface area contributed by atoms with Crippen LogP contribution in [0.3, 0.4) is 0 Å². The SMILES string of the molecule is CCC(=O)N1C(C)C=CC1C. The van der Waals surface area contributed by atoms with Gasteiger partial charge in [-0.3, -0.25) is 4.79 Å². The summed E-state index contributed by atoms with van der Waals surface area (Å²) in [6, 6.07) is 0.579. The summed E-state index contributed by atoms with van der Waals surface area (Å²) in [5, 5.41) is 0. The summed E-state index contributed by atoms with van der Waals surface area (Å²) < 4.78 is 0. The molecule has 1 aliphatic rings. The van der Waals surface area contributed by atoms with Crippen LogP contribution < -0.4 is 0 Å². The summed E-state index contributed by atoms with van der Waals surface area (Å²) >= 11 is 0. The first kappa shape index (κ1) is 8.31. The first-order chi connectivity index (χ1) is 5.16. The van der Waals surface area contributed by atoms with E-state index < -0.39 is 0 Å². The fraction of sp³-hybridized carbons (Fsp3) is 0.667. The molecule has 62 valence electrons. The van der Waals surface area contributed by atoms with E-state index in [2.05, 4.69) is 12.2 Å². The number of hydrogen-bond donors (Lipinski definition) is 0. The van der Waals surface area contributed by atoms with Crippen molar-refractivity contribution in [1.29, 1.82) is 0 Å². The van der Waals surface area contributed by atoms with Crippen LogP contribution in [0.2, 0.25) is 0 Å². The number of carbonyl (C=O) groups excluding carboxylic acids is 1. The first-order valence-electron chi connectivity index (χ1n) is 4.16. The molecule has 0 N–H and O–H groups in total. The lowest BCUT2D eigenvalue weighted by molar-refractivity contribution is -0.132. The van der Waals surface area contributed by atoms with Crippen molar-refractivity contribution in [1.82, 2.24) is 4.90 Å². The number of hydrogen-bond acceptors (Lipinski definition) is 1. The van der Waals surface area contributed by atoms with Gasteiger partial charge in [-0.15, -0.1) is 0 Å². The van der Waals surface area contributed by atoms with Crippen molar-refractivity contribution in [3.05, 3.63) is 12.2 Å². The third kappa shape index (κ3) is 1.44. The van der Waals surface area contributed by atoms with Gasteiger partial charge >= 0.3 is 0 Å². The lowest BCUT2D eigenvalue weighted by Crippen LogP contribution is -2.38. The monoisotopic (exact) mass is 153 g/mol. The summed E-state index contributed by atoms with van der Waals surface area (Å²) in [4.78, 5) is 13.2. The Morgan fingerprint density at radius 2 is 1.82 bits per heavy atom. The smallest absolute Gasteiger partial charge is 0.223 e. The van der Waals surface area contributed by atoms with Crippen LogP contribution in [0.5, 0.6) is 0 Å². The van der Waals surface area contributed by atoms with Gasteiger partial charge in [0.05, 0.1) is 0 Å². The number of carbonyl (C=O) groups is 1. The van der Waals surface area contributed by atoms with Crippen molar-refractivity contribution < 1.29 is 4.79 Å². The van der Waals surface area contributed by atoms with Gasteiger partial charge in [0.1, 0.15) is 0 Å². The van der Waals surface area contributed by atoms with E-state index >= 15 is 0 Å². The van der Waals surface area contributed by atoms with Crippen molar-refractivity contribution in [3.63, 3.8) is 0 Å². The molecular weight excluding hydrogens is 138 g/mol. The van der Waals surface area contributed by atoms with Crippen molar-refractivity contribution in [3.8, 4) is 0 Å². The molecule has 0 saturated heterocycles. The average Bonchev–Trinajstić information content (AvgIpc) is 2.30. The lowest BCUT2D eigenvalue weighted by atomic mass is 10.3. The Balaban J connectivity index is 2.65. The Hall–Kier alpha value is -0.790. The van der Waals surface area contributed by atoms with E-state index in [9.17, 15) is 4.79 Å². The largest absolute Gasteiger partial charge is 0.330 e. The highest BCUT2D eigenvalue weighted by atomic mass is 16.2. The molecule has 0 fully saturated rings. The number of rotatable bonds is 1. The van der Waals surface area contributed by atoms with Crippen molar-refractivity contribution in [2.75, 3.05) is 0 Å². The van der Waals surface area contributed by atoms with Gasteiger partial charge < -0.3 is 4.90 Å². The second kappa shape index (κ2) is 3.07. The molecule has 2 unspecified atom stereocenters. The minimum atomic E-state index is 0.245. The molecule has 0 bridgehead atoms. The molecule has 2 heteroatoms. The van der Waals surface area contributed by atoms with Crippen LogP contribution in [-0.2, 0) is 4.79 Å². The van der Waals surface area contributed by atoms with Crippen LogP contribution in [0.25, 0.3) is 0 Å². The average molecular weight is 153 g/mol. The topological polar surface area (TPSA) is 20.3 Å². The van der Waals surface area contributed by atoms with Gasteiger partial charge in [-0.2, -0.15) is 0 Å². The third-order valence-corrected chi connectivity index (χ3v) is 2.14. The van der Waals surface area contributed by atoms with E-state index in [0.717, 1.165) is 0 Å². The highest BCUT2D eigenvalue weighted by molar-refractivity contribution is 5.77. The Morgan fingerprint density at radius 3 is 2.18 bits per heavy atom. The summed E-state index contributed by atoms with van der Waals surface area (Å²) in [7, 11) is 0. The van der Waals surface area contributed by atoms with E-state index in [0.29, 0.717) is 6.42 Å². The second-order valence-corrected chi connectivity index (χ2v) is 3.02. The third-order valence-electron chi connectivity index (χ3n) is 2.14. The molecule has 1 rings (SSSR count). The summed E-state index contributed by atoms with van der Waals surface area (Å²) in [6.45, 7) is 6.00. The van der Waals surface area contributed by atoms with E-state index in [1.54, 1.807) is 0 Å². The summed E-state index contributed by atoms with van der Waals surface area (Å²) in [5.41, 5.74) is 0. The summed E-state index contributed by atoms with van der Waals surface area (Å²) in [6.07, 6.45) is 4.77. The fourth-order valence-corrected chi connectivity index (χ4v) is 1.51. The summed E-state index contributed by atoms with van der Waals surface area (Å²) in [5.74, 6) is 0.245. The second-order valence-electron chi connectivity index (χ2n) is 3.02. The predicted octanol–water partition coefficient (Wildman–Crippen LogP) is 1.57. The van der Waals surface area contributed by atoms with E-state index in [4.69, 9.17) is 0 Å². The van der Waals surface area contributed by atoms with Gasteiger partial charge in [-0.1, -0.05) is 19.1 Å². The zero-order chi connectivity index (χ0) is 8.43. The van der Waals surface area contributed by atoms with Crippen LogP contribution in [0, 0.1) is 0 Å². The van der Waals surface area contributed by atoms with Crippen molar-refractivity contribution in [2.45, 2.75) is 39.3 Å². The molecule has 11 heavy (non-hydrogen) atoms. The maximum absolute atomic E-state index is 11.3. The van der Waals surface area contributed by atoms with E-state index in [1.165, 1.54) is 0 Å². The molecule has 0 saturated carbocycles. The Bertz CT molecular complexity index is 174. The van der Waals surface area contributed by atoms with Crippen LogP contribution in [0.15, 0.2) is 12.2 Å². The molecular formula is C9H15NO. The molecule has 2 atom stereocenters. The predicted molar refractivity (Wildman–Crippen MR) is 45.2 cm³/mol. The van der Waals surface area contributed by atoms with Crippen molar-refractivity contribution >= 4 is 5.91 Å². The molecule has 1 aliphatic heterocycles. The Kier molecular flexibility index (Phi) is 2.32. The zero-order valence-electron chi connectivity index (χ0n) is 7.37. The minimum Gasteiger partial charge on any atom is -0.330 e. The van der Waals surface area contributed by atoms with Gasteiger partial charge in [-0.25, -0.2) is 0 Å². The van der Waals surface area contributed by atoms with Gasteiger partial charge in [0.15, 0.2) is 0 Å². The molecule has 0 aliphatic carbocycles. The standard InChI is InChI=1S/C9H15NO/c1-4-9(11)10-7(2)5-6-8(10)3/h5-8H,4H2,1-3H3. The Morgan fingerprint density at radius 1 is 1.36 bits per heavy atom. The van der Waals surface area contributed by atoms with E-state index in [-0.39, 0.29) is 18.0 Å². The molecule has 2 nitrogen and oxygen atoms in total. The van der Waals surface area contributed by atoms with Crippen LogP contribution in [0.4, 0.5) is 0 Å². The van der Waals surface area contributed by atoms with Gasteiger partial charge in [-0.05, 0) is 13.8 Å². The highest BCUT2D eigenvalue weighted by Crippen LogP contribution is 2.16. The minimum absolute atomic E-state index is 0.245. The van der Waals surface area contributed by atoms with Crippen LogP contribution in [-0.4, -0.2) is 22.9 Å². The first-order valence-corrected chi connectivity index (χ1v) is 4.16. The lowest BCUT2D eigenvalue weighted by Gasteiger charge is -2.25. The molecule has 1 heterocycles. The highest BCUT2D eigenvalue weighted by Gasteiger charge is 2.25.